The molecule has 7 nitrogen and oxygen atoms in total. The summed E-state index contributed by atoms with van der Waals surface area (Å²) in [4.78, 5) is 6.87. The Balaban J connectivity index is 1.43. The summed E-state index contributed by atoms with van der Waals surface area (Å²) in [5.74, 6) is 0.924. The smallest absolute Gasteiger partial charge is 0.243 e. The Morgan fingerprint density at radius 1 is 1.06 bits per heavy atom. The number of halogens is 1. The van der Waals surface area contributed by atoms with Gasteiger partial charge in [0, 0.05) is 49.6 Å². The molecule has 0 aliphatic carbocycles. The Morgan fingerprint density at radius 3 is 2.52 bits per heavy atom. The first-order valence-electron chi connectivity index (χ1n) is 10.5. The highest BCUT2D eigenvalue weighted by molar-refractivity contribution is 7.89. The molecule has 0 radical (unpaired) electrons. The van der Waals surface area contributed by atoms with Crippen molar-refractivity contribution in [2.24, 2.45) is 0 Å². The van der Waals surface area contributed by atoms with Crippen LogP contribution in [-0.2, 0) is 16.4 Å². The van der Waals surface area contributed by atoms with Gasteiger partial charge in [-0.25, -0.2) is 17.8 Å². The van der Waals surface area contributed by atoms with Crippen molar-refractivity contribution in [1.29, 1.82) is 0 Å². The van der Waals surface area contributed by atoms with Crippen molar-refractivity contribution in [1.82, 2.24) is 9.29 Å². The van der Waals surface area contributed by atoms with E-state index >= 15 is 0 Å². The third kappa shape index (κ3) is 4.97. The van der Waals surface area contributed by atoms with Crippen molar-refractivity contribution in [2.75, 3.05) is 45.3 Å². The van der Waals surface area contributed by atoms with Crippen LogP contribution in [0.4, 0.5) is 9.52 Å². The molecular formula is C23H26FN3O4S2. The second-order valence-electron chi connectivity index (χ2n) is 7.78. The highest BCUT2D eigenvalue weighted by atomic mass is 32.2. The minimum absolute atomic E-state index is 0.0286. The maximum atomic E-state index is 13.7. The van der Waals surface area contributed by atoms with E-state index in [1.807, 2.05) is 23.6 Å². The summed E-state index contributed by atoms with van der Waals surface area (Å²) in [5, 5.41) is 2.87. The third-order valence-corrected chi connectivity index (χ3v) is 8.67. The number of aromatic nitrogens is 1. The highest BCUT2D eigenvalue weighted by Gasteiger charge is 2.30. The highest BCUT2D eigenvalue weighted by Crippen LogP contribution is 2.30. The fourth-order valence-electron chi connectivity index (χ4n) is 3.83. The van der Waals surface area contributed by atoms with Gasteiger partial charge in [-0.3, -0.25) is 0 Å². The lowest BCUT2D eigenvalue weighted by Gasteiger charge is -2.34. The number of methoxy groups -OCH3 is 2. The average Bonchev–Trinajstić information content (AvgIpc) is 3.29. The molecule has 3 aromatic rings. The third-order valence-electron chi connectivity index (χ3n) is 5.68. The van der Waals surface area contributed by atoms with Crippen molar-refractivity contribution in [2.45, 2.75) is 18.2 Å². The number of rotatable bonds is 7. The van der Waals surface area contributed by atoms with E-state index in [2.05, 4.69) is 4.90 Å². The second kappa shape index (κ2) is 9.66. The van der Waals surface area contributed by atoms with E-state index in [9.17, 15) is 12.8 Å². The Bertz CT molecular complexity index is 1240. The van der Waals surface area contributed by atoms with Gasteiger partial charge < -0.3 is 14.4 Å². The second-order valence-corrected chi connectivity index (χ2v) is 10.5. The number of nitrogens with zero attached hydrogens (tertiary/aromatic N) is 3. The molecule has 0 atom stereocenters. The normalized spacial score (nSPS) is 15.0. The van der Waals surface area contributed by atoms with E-state index in [-0.39, 0.29) is 4.90 Å². The predicted molar refractivity (Wildman–Crippen MR) is 127 cm³/mol. The molecular weight excluding hydrogens is 465 g/mol. The van der Waals surface area contributed by atoms with Gasteiger partial charge in [-0.05, 0) is 30.7 Å². The molecule has 2 heterocycles. The van der Waals surface area contributed by atoms with Crippen LogP contribution in [0, 0.1) is 12.7 Å². The molecule has 0 amide bonds. The number of thiazole rings is 1. The minimum Gasteiger partial charge on any atom is -0.497 e. The molecule has 1 saturated heterocycles. The van der Waals surface area contributed by atoms with Crippen LogP contribution < -0.4 is 14.4 Å². The number of piperazine rings is 1. The first-order chi connectivity index (χ1) is 15.8. The van der Waals surface area contributed by atoms with Crippen LogP contribution >= 0.6 is 11.3 Å². The zero-order chi connectivity index (χ0) is 23.6. The van der Waals surface area contributed by atoms with Crippen LogP contribution in [0.3, 0.4) is 0 Å². The fraction of sp³-hybridized carbons (Fsp3) is 0.348. The number of sulfonamides is 1. The summed E-state index contributed by atoms with van der Waals surface area (Å²) >= 11 is 1.54. The standard InChI is InChI=1S/C23H26FN3O4S2/c1-16-4-6-18(24)13-22(16)33(28,29)27-10-8-26(9-11-27)23-25-19(15-32-23)12-17-5-7-20(30-2)14-21(17)31-3/h4-7,13-15H,8-12H2,1-3H3. The Labute approximate surface area is 197 Å². The number of hydrogen-bond donors (Lipinski definition) is 0. The molecule has 1 aliphatic rings. The molecule has 0 unspecified atom stereocenters. The van der Waals surface area contributed by atoms with Crippen molar-refractivity contribution in [3.8, 4) is 11.5 Å². The number of benzene rings is 2. The Morgan fingerprint density at radius 2 is 1.82 bits per heavy atom. The fourth-order valence-corrected chi connectivity index (χ4v) is 6.36. The van der Waals surface area contributed by atoms with Crippen LogP contribution in [0.1, 0.15) is 16.8 Å². The topological polar surface area (TPSA) is 72.0 Å². The maximum Gasteiger partial charge on any atom is 0.243 e. The summed E-state index contributed by atoms with van der Waals surface area (Å²) in [5.41, 5.74) is 2.47. The lowest BCUT2D eigenvalue weighted by atomic mass is 10.1. The van der Waals surface area contributed by atoms with Gasteiger partial charge in [-0.2, -0.15) is 4.31 Å². The van der Waals surface area contributed by atoms with Crippen molar-refractivity contribution < 1.29 is 22.3 Å². The molecule has 0 saturated carbocycles. The number of anilines is 1. The zero-order valence-corrected chi connectivity index (χ0v) is 20.4. The van der Waals surface area contributed by atoms with Crippen molar-refractivity contribution in [3.63, 3.8) is 0 Å². The molecule has 2 aromatic carbocycles. The maximum absolute atomic E-state index is 13.7. The van der Waals surface area contributed by atoms with Gasteiger partial charge in [0.05, 0.1) is 24.8 Å². The summed E-state index contributed by atoms with van der Waals surface area (Å²) < 4.78 is 51.9. The molecule has 1 aliphatic heterocycles. The molecule has 1 aromatic heterocycles. The summed E-state index contributed by atoms with van der Waals surface area (Å²) in [6.07, 6.45) is 0.622. The molecule has 10 heteroatoms. The number of ether oxygens (including phenoxy) is 2. The molecule has 4 rings (SSSR count). The number of aryl methyl sites for hydroxylation is 1. The predicted octanol–water partition coefficient (Wildman–Crippen LogP) is 3.71. The summed E-state index contributed by atoms with van der Waals surface area (Å²) in [7, 11) is -0.499. The van der Waals surface area contributed by atoms with Gasteiger partial charge in [-0.1, -0.05) is 12.1 Å². The van der Waals surface area contributed by atoms with Gasteiger partial charge in [-0.15, -0.1) is 11.3 Å². The van der Waals surface area contributed by atoms with Gasteiger partial charge >= 0.3 is 0 Å². The minimum atomic E-state index is -3.74. The molecule has 0 bridgehead atoms. The first-order valence-corrected chi connectivity index (χ1v) is 12.8. The van der Waals surface area contributed by atoms with Gasteiger partial charge in [0.15, 0.2) is 5.13 Å². The summed E-state index contributed by atoms with van der Waals surface area (Å²) in [6, 6.07) is 9.57. The van der Waals surface area contributed by atoms with Crippen LogP contribution in [0.25, 0.3) is 0 Å². The lowest BCUT2D eigenvalue weighted by Crippen LogP contribution is -2.48. The van der Waals surface area contributed by atoms with Gasteiger partial charge in [0.1, 0.15) is 17.3 Å². The molecule has 0 spiro atoms. The number of hydrogen-bond acceptors (Lipinski definition) is 7. The monoisotopic (exact) mass is 491 g/mol. The van der Waals surface area contributed by atoms with E-state index in [0.717, 1.165) is 34.0 Å². The van der Waals surface area contributed by atoms with Crippen molar-refractivity contribution >= 4 is 26.5 Å². The van der Waals surface area contributed by atoms with E-state index in [1.54, 1.807) is 21.1 Å². The van der Waals surface area contributed by atoms with E-state index in [1.165, 1.54) is 27.8 Å². The molecule has 33 heavy (non-hydrogen) atoms. The Kier molecular flexibility index (Phi) is 6.87. The van der Waals surface area contributed by atoms with E-state index in [4.69, 9.17) is 14.5 Å². The van der Waals surface area contributed by atoms with Crippen LogP contribution in [-0.4, -0.2) is 58.1 Å². The van der Waals surface area contributed by atoms with Gasteiger partial charge in [0.25, 0.3) is 0 Å². The largest absolute Gasteiger partial charge is 0.497 e. The summed E-state index contributed by atoms with van der Waals surface area (Å²) in [6.45, 7) is 3.36. The quantitative estimate of drug-likeness (QED) is 0.502. The van der Waals surface area contributed by atoms with Crippen LogP contribution in [0.15, 0.2) is 46.7 Å². The lowest BCUT2D eigenvalue weighted by molar-refractivity contribution is 0.384. The molecule has 176 valence electrons. The first kappa shape index (κ1) is 23.5. The van der Waals surface area contributed by atoms with E-state index in [0.29, 0.717) is 38.2 Å². The average molecular weight is 492 g/mol. The van der Waals surface area contributed by atoms with Crippen molar-refractivity contribution in [3.05, 3.63) is 64.4 Å². The van der Waals surface area contributed by atoms with Gasteiger partial charge in [0.2, 0.25) is 10.0 Å². The van der Waals surface area contributed by atoms with Crippen LogP contribution in [0.5, 0.6) is 11.5 Å². The SMILES string of the molecule is COc1ccc(Cc2csc(N3CCN(S(=O)(=O)c4cc(F)ccc4C)CC3)n2)c(OC)c1. The molecule has 1 fully saturated rings. The van der Waals surface area contributed by atoms with E-state index < -0.39 is 15.8 Å². The Hall–Kier alpha value is -2.69. The van der Waals surface area contributed by atoms with Crippen LogP contribution in [0.2, 0.25) is 0 Å². The molecule has 0 N–H and O–H groups in total. The zero-order valence-electron chi connectivity index (χ0n) is 18.7.